The predicted molar refractivity (Wildman–Crippen MR) is 50.6 cm³/mol. The van der Waals surface area contributed by atoms with Crippen molar-refractivity contribution in [2.45, 2.75) is 20.0 Å². The van der Waals surface area contributed by atoms with Crippen molar-refractivity contribution >= 4 is 11.5 Å². The Kier molecular flexibility index (Phi) is 2.75. The van der Waals surface area contributed by atoms with Gasteiger partial charge in [0.25, 0.3) is 0 Å². The number of ketones is 1. The second-order valence-corrected chi connectivity index (χ2v) is 3.31. The Labute approximate surface area is 84.9 Å². The van der Waals surface area contributed by atoms with Crippen molar-refractivity contribution in [1.29, 1.82) is 0 Å². The molecule has 0 atom stereocenters. The lowest BCUT2D eigenvalue weighted by Crippen LogP contribution is -2.12. The van der Waals surface area contributed by atoms with E-state index in [9.17, 15) is 18.0 Å². The van der Waals surface area contributed by atoms with Gasteiger partial charge in [0.2, 0.25) is 0 Å². The molecule has 0 amide bonds. The molecule has 2 N–H and O–H groups in total. The van der Waals surface area contributed by atoms with E-state index in [2.05, 4.69) is 0 Å². The molecule has 5 heteroatoms. The van der Waals surface area contributed by atoms with Gasteiger partial charge in [-0.15, -0.1) is 0 Å². The van der Waals surface area contributed by atoms with Crippen LogP contribution in [0, 0.1) is 6.92 Å². The molecule has 1 aromatic rings. The van der Waals surface area contributed by atoms with Crippen LogP contribution in [0.15, 0.2) is 12.1 Å². The number of aryl methyl sites for hydroxylation is 1. The van der Waals surface area contributed by atoms with Gasteiger partial charge in [0.05, 0.1) is 5.56 Å². The summed E-state index contributed by atoms with van der Waals surface area (Å²) in [6.07, 6.45) is -4.53. The fraction of sp³-hybridized carbons (Fsp3) is 0.300. The van der Waals surface area contributed by atoms with Crippen LogP contribution in [0.5, 0.6) is 0 Å². The Balaban J connectivity index is 3.45. The molecule has 15 heavy (non-hydrogen) atoms. The number of benzene rings is 1. The smallest absolute Gasteiger partial charge is 0.398 e. The third-order valence-electron chi connectivity index (χ3n) is 2.10. The number of halogens is 3. The highest BCUT2D eigenvalue weighted by molar-refractivity contribution is 5.95. The fourth-order valence-corrected chi connectivity index (χ4v) is 1.24. The summed E-state index contributed by atoms with van der Waals surface area (Å²) >= 11 is 0. The summed E-state index contributed by atoms with van der Waals surface area (Å²) in [4.78, 5) is 11.0. The van der Waals surface area contributed by atoms with Gasteiger partial charge in [0, 0.05) is 11.3 Å². The summed E-state index contributed by atoms with van der Waals surface area (Å²) in [6.45, 7) is 2.65. The number of alkyl halides is 3. The molecule has 0 aliphatic heterocycles. The molecule has 1 aromatic carbocycles. The normalized spacial score (nSPS) is 11.5. The van der Waals surface area contributed by atoms with E-state index in [0.29, 0.717) is 0 Å². The van der Waals surface area contributed by atoms with Gasteiger partial charge >= 0.3 is 6.18 Å². The number of anilines is 1. The second kappa shape index (κ2) is 3.56. The molecule has 0 bridgehead atoms. The molecular formula is C10H10F3NO. The van der Waals surface area contributed by atoms with Gasteiger partial charge in [-0.05, 0) is 31.5 Å². The lowest BCUT2D eigenvalue weighted by molar-refractivity contribution is -0.136. The SMILES string of the molecule is CC(=O)c1cc(C)c(N)c(C(F)(F)F)c1. The van der Waals surface area contributed by atoms with Gasteiger partial charge in [-0.25, -0.2) is 0 Å². The summed E-state index contributed by atoms with van der Waals surface area (Å²) in [5.41, 5.74) is 4.31. The van der Waals surface area contributed by atoms with Crippen LogP contribution in [-0.4, -0.2) is 5.78 Å². The minimum absolute atomic E-state index is 0.0222. The molecule has 82 valence electrons. The van der Waals surface area contributed by atoms with E-state index in [4.69, 9.17) is 5.73 Å². The zero-order chi connectivity index (χ0) is 11.8. The molecule has 0 fully saturated rings. The summed E-state index contributed by atoms with van der Waals surface area (Å²) in [6, 6.07) is 2.14. The summed E-state index contributed by atoms with van der Waals surface area (Å²) in [5, 5.41) is 0. The molecule has 2 nitrogen and oxygen atoms in total. The number of nitrogen functional groups attached to an aromatic ring is 1. The van der Waals surface area contributed by atoms with E-state index in [-0.39, 0.29) is 16.8 Å². The summed E-state index contributed by atoms with van der Waals surface area (Å²) < 4.78 is 37.4. The van der Waals surface area contributed by atoms with Crippen LogP contribution in [0.3, 0.4) is 0 Å². The number of rotatable bonds is 1. The number of hydrogen-bond acceptors (Lipinski definition) is 2. The van der Waals surface area contributed by atoms with Crippen molar-refractivity contribution in [3.05, 3.63) is 28.8 Å². The second-order valence-electron chi connectivity index (χ2n) is 3.31. The van der Waals surface area contributed by atoms with E-state index < -0.39 is 17.5 Å². The first-order valence-corrected chi connectivity index (χ1v) is 4.21. The highest BCUT2D eigenvalue weighted by Crippen LogP contribution is 2.35. The first-order chi connectivity index (χ1) is 6.73. The maximum absolute atomic E-state index is 12.5. The molecule has 0 radical (unpaired) electrons. The minimum atomic E-state index is -4.53. The maximum atomic E-state index is 12.5. The highest BCUT2D eigenvalue weighted by Gasteiger charge is 2.34. The maximum Gasteiger partial charge on any atom is 0.418 e. The third kappa shape index (κ3) is 2.29. The molecule has 0 spiro atoms. The van der Waals surface area contributed by atoms with Gasteiger partial charge in [0.15, 0.2) is 5.78 Å². The van der Waals surface area contributed by atoms with Crippen molar-refractivity contribution in [3.8, 4) is 0 Å². The Morgan fingerprint density at radius 3 is 2.27 bits per heavy atom. The molecule has 1 rings (SSSR count). The lowest BCUT2D eigenvalue weighted by atomic mass is 10.0. The first-order valence-electron chi connectivity index (χ1n) is 4.21. The van der Waals surface area contributed by atoms with Gasteiger partial charge in [-0.1, -0.05) is 0 Å². The van der Waals surface area contributed by atoms with Crippen molar-refractivity contribution in [1.82, 2.24) is 0 Å². The van der Waals surface area contributed by atoms with Gasteiger partial charge in [0.1, 0.15) is 0 Å². The van der Waals surface area contributed by atoms with E-state index in [0.717, 1.165) is 6.07 Å². The largest absolute Gasteiger partial charge is 0.418 e. The number of carbonyl (C=O) groups is 1. The van der Waals surface area contributed by atoms with E-state index >= 15 is 0 Å². The Hall–Kier alpha value is -1.52. The van der Waals surface area contributed by atoms with E-state index in [1.54, 1.807) is 0 Å². The standard InChI is InChI=1S/C10H10F3NO/c1-5-3-7(6(2)15)4-8(9(5)14)10(11,12)13/h3-4H,14H2,1-2H3. The lowest BCUT2D eigenvalue weighted by Gasteiger charge is -2.13. The van der Waals surface area contributed by atoms with E-state index in [1.807, 2.05) is 0 Å². The molecule has 0 aromatic heterocycles. The highest BCUT2D eigenvalue weighted by atomic mass is 19.4. The number of hydrogen-bond donors (Lipinski definition) is 1. The van der Waals surface area contributed by atoms with Crippen molar-refractivity contribution < 1.29 is 18.0 Å². The third-order valence-corrected chi connectivity index (χ3v) is 2.10. The van der Waals surface area contributed by atoms with Crippen molar-refractivity contribution in [2.75, 3.05) is 5.73 Å². The number of nitrogens with two attached hydrogens (primary N) is 1. The van der Waals surface area contributed by atoms with Crippen LogP contribution in [0.4, 0.5) is 18.9 Å². The molecule has 0 aliphatic rings. The van der Waals surface area contributed by atoms with Gasteiger partial charge < -0.3 is 5.73 Å². The van der Waals surface area contributed by atoms with Crippen LogP contribution in [0.1, 0.15) is 28.4 Å². The van der Waals surface area contributed by atoms with Crippen molar-refractivity contribution in [2.24, 2.45) is 0 Å². The zero-order valence-electron chi connectivity index (χ0n) is 8.27. The van der Waals surface area contributed by atoms with Crippen LogP contribution < -0.4 is 5.73 Å². The zero-order valence-corrected chi connectivity index (χ0v) is 8.27. The summed E-state index contributed by atoms with van der Waals surface area (Å²) in [5.74, 6) is -0.413. The number of carbonyl (C=O) groups excluding carboxylic acids is 1. The molecular weight excluding hydrogens is 207 g/mol. The van der Waals surface area contributed by atoms with E-state index in [1.165, 1.54) is 19.9 Å². The number of Topliss-reactive ketones (excluding diaryl/α,β-unsaturated/α-hetero) is 1. The quantitative estimate of drug-likeness (QED) is 0.580. The topological polar surface area (TPSA) is 43.1 Å². The van der Waals surface area contributed by atoms with Crippen LogP contribution in [0.25, 0.3) is 0 Å². The van der Waals surface area contributed by atoms with Gasteiger partial charge in [-0.3, -0.25) is 4.79 Å². The molecule has 0 unspecified atom stereocenters. The molecule has 0 saturated heterocycles. The predicted octanol–water partition coefficient (Wildman–Crippen LogP) is 2.80. The van der Waals surface area contributed by atoms with Crippen molar-refractivity contribution in [3.63, 3.8) is 0 Å². The molecule has 0 heterocycles. The Bertz CT molecular complexity index is 410. The van der Waals surface area contributed by atoms with Crippen LogP contribution in [-0.2, 0) is 6.18 Å². The first kappa shape index (κ1) is 11.6. The van der Waals surface area contributed by atoms with Crippen LogP contribution in [0.2, 0.25) is 0 Å². The molecule has 0 saturated carbocycles. The average molecular weight is 217 g/mol. The average Bonchev–Trinajstić information content (AvgIpc) is 2.06. The molecule has 0 aliphatic carbocycles. The fourth-order valence-electron chi connectivity index (χ4n) is 1.24. The van der Waals surface area contributed by atoms with Gasteiger partial charge in [-0.2, -0.15) is 13.2 Å². The Morgan fingerprint density at radius 2 is 1.87 bits per heavy atom. The monoisotopic (exact) mass is 217 g/mol. The minimum Gasteiger partial charge on any atom is -0.398 e. The Morgan fingerprint density at radius 1 is 1.33 bits per heavy atom. The van der Waals surface area contributed by atoms with Crippen LogP contribution >= 0.6 is 0 Å². The summed E-state index contributed by atoms with van der Waals surface area (Å²) in [7, 11) is 0.